The van der Waals surface area contributed by atoms with E-state index in [0.717, 1.165) is 5.56 Å². The van der Waals surface area contributed by atoms with Crippen LogP contribution in [0.4, 0.5) is 0 Å². The lowest BCUT2D eigenvalue weighted by molar-refractivity contribution is -0.156. The van der Waals surface area contributed by atoms with Gasteiger partial charge in [-0.2, -0.15) is 0 Å². The fraction of sp³-hybridized carbons (Fsp3) is 0.500. The standard InChI is InChI=1S/C18H25N3O3/c1-3-19(4-2)16(22)10-11-20-12-13-21(18(24)17(20)23)14-15-8-6-5-7-9-15/h5-9H,3-4,10-14H2,1-2H3. The summed E-state index contributed by atoms with van der Waals surface area (Å²) >= 11 is 0. The second-order valence-corrected chi connectivity index (χ2v) is 5.82. The van der Waals surface area contributed by atoms with Crippen molar-refractivity contribution in [2.24, 2.45) is 0 Å². The third kappa shape index (κ3) is 4.34. The first-order chi connectivity index (χ1) is 11.6. The lowest BCUT2D eigenvalue weighted by atomic mass is 10.2. The second kappa shape index (κ2) is 8.47. The Morgan fingerprint density at radius 2 is 1.58 bits per heavy atom. The van der Waals surface area contributed by atoms with Crippen molar-refractivity contribution in [3.05, 3.63) is 35.9 Å². The highest BCUT2D eigenvalue weighted by molar-refractivity contribution is 6.35. The summed E-state index contributed by atoms with van der Waals surface area (Å²) in [5.74, 6) is -0.975. The molecule has 0 bridgehead atoms. The highest BCUT2D eigenvalue weighted by Crippen LogP contribution is 2.11. The minimum Gasteiger partial charge on any atom is -0.343 e. The predicted octanol–water partition coefficient (Wildman–Crippen LogP) is 1.12. The van der Waals surface area contributed by atoms with Crippen LogP contribution in [0.5, 0.6) is 0 Å². The van der Waals surface area contributed by atoms with E-state index in [2.05, 4.69) is 0 Å². The van der Waals surface area contributed by atoms with E-state index in [9.17, 15) is 14.4 Å². The van der Waals surface area contributed by atoms with E-state index >= 15 is 0 Å². The monoisotopic (exact) mass is 331 g/mol. The van der Waals surface area contributed by atoms with E-state index in [0.29, 0.717) is 39.3 Å². The first-order valence-corrected chi connectivity index (χ1v) is 8.46. The van der Waals surface area contributed by atoms with Gasteiger partial charge in [0.2, 0.25) is 5.91 Å². The number of amides is 3. The largest absolute Gasteiger partial charge is 0.343 e. The van der Waals surface area contributed by atoms with Gasteiger partial charge in [-0.1, -0.05) is 30.3 Å². The van der Waals surface area contributed by atoms with Gasteiger partial charge in [0, 0.05) is 45.7 Å². The summed E-state index contributed by atoms with van der Waals surface area (Å²) in [5, 5.41) is 0. The Morgan fingerprint density at radius 1 is 1.00 bits per heavy atom. The molecular weight excluding hydrogens is 306 g/mol. The number of nitrogens with zero attached hydrogens (tertiary/aromatic N) is 3. The van der Waals surface area contributed by atoms with Crippen LogP contribution in [0, 0.1) is 0 Å². The van der Waals surface area contributed by atoms with E-state index in [-0.39, 0.29) is 12.3 Å². The molecule has 3 amide bonds. The van der Waals surface area contributed by atoms with Crippen molar-refractivity contribution < 1.29 is 14.4 Å². The number of rotatable bonds is 7. The minimum atomic E-state index is -0.510. The van der Waals surface area contributed by atoms with Crippen LogP contribution in [0.25, 0.3) is 0 Å². The topological polar surface area (TPSA) is 60.9 Å². The molecule has 0 N–H and O–H groups in total. The highest BCUT2D eigenvalue weighted by atomic mass is 16.2. The highest BCUT2D eigenvalue weighted by Gasteiger charge is 2.32. The van der Waals surface area contributed by atoms with Crippen LogP contribution < -0.4 is 0 Å². The Hall–Kier alpha value is -2.37. The molecule has 2 rings (SSSR count). The number of piperazine rings is 1. The maximum Gasteiger partial charge on any atom is 0.312 e. The zero-order valence-electron chi connectivity index (χ0n) is 14.4. The lowest BCUT2D eigenvalue weighted by Gasteiger charge is -2.34. The molecule has 1 fully saturated rings. The van der Waals surface area contributed by atoms with E-state index < -0.39 is 11.8 Å². The van der Waals surface area contributed by atoms with Gasteiger partial charge in [0.05, 0.1) is 0 Å². The van der Waals surface area contributed by atoms with Crippen LogP contribution in [-0.4, -0.2) is 65.1 Å². The maximum atomic E-state index is 12.3. The molecule has 6 nitrogen and oxygen atoms in total. The Labute approximate surface area is 143 Å². The molecule has 6 heteroatoms. The van der Waals surface area contributed by atoms with E-state index in [1.165, 1.54) is 4.90 Å². The average molecular weight is 331 g/mol. The molecule has 0 aromatic heterocycles. The molecule has 1 aliphatic rings. The molecule has 0 aliphatic carbocycles. The van der Waals surface area contributed by atoms with Crippen LogP contribution in [0.2, 0.25) is 0 Å². The fourth-order valence-corrected chi connectivity index (χ4v) is 2.85. The molecule has 0 saturated carbocycles. The van der Waals surface area contributed by atoms with Gasteiger partial charge in [0.1, 0.15) is 0 Å². The van der Waals surface area contributed by atoms with Gasteiger partial charge < -0.3 is 14.7 Å². The van der Waals surface area contributed by atoms with Crippen molar-refractivity contribution in [3.63, 3.8) is 0 Å². The quantitative estimate of drug-likeness (QED) is 0.704. The van der Waals surface area contributed by atoms with Crippen molar-refractivity contribution in [2.45, 2.75) is 26.8 Å². The van der Waals surface area contributed by atoms with E-state index in [1.54, 1.807) is 9.80 Å². The van der Waals surface area contributed by atoms with Crippen molar-refractivity contribution in [2.75, 3.05) is 32.7 Å². The van der Waals surface area contributed by atoms with Crippen LogP contribution >= 0.6 is 0 Å². The normalized spacial score (nSPS) is 14.9. The first kappa shape index (κ1) is 18.0. The molecule has 1 aromatic rings. The van der Waals surface area contributed by atoms with Gasteiger partial charge >= 0.3 is 11.8 Å². The summed E-state index contributed by atoms with van der Waals surface area (Å²) < 4.78 is 0. The van der Waals surface area contributed by atoms with Crippen LogP contribution in [0.3, 0.4) is 0 Å². The summed E-state index contributed by atoms with van der Waals surface area (Å²) in [7, 11) is 0. The number of carbonyl (C=O) groups excluding carboxylic acids is 3. The van der Waals surface area contributed by atoms with Gasteiger partial charge in [-0.05, 0) is 19.4 Å². The SMILES string of the molecule is CCN(CC)C(=O)CCN1CCN(Cc2ccccc2)C(=O)C1=O. The third-order valence-corrected chi connectivity index (χ3v) is 4.33. The van der Waals surface area contributed by atoms with Gasteiger partial charge in [-0.25, -0.2) is 0 Å². The summed E-state index contributed by atoms with van der Waals surface area (Å²) in [6.45, 7) is 6.90. The van der Waals surface area contributed by atoms with Crippen LogP contribution in [-0.2, 0) is 20.9 Å². The Balaban J connectivity index is 1.88. The van der Waals surface area contributed by atoms with Gasteiger partial charge in [0.25, 0.3) is 0 Å². The summed E-state index contributed by atoms with van der Waals surface area (Å²) in [6, 6.07) is 9.62. The first-order valence-electron chi connectivity index (χ1n) is 8.46. The van der Waals surface area contributed by atoms with Crippen LogP contribution in [0.15, 0.2) is 30.3 Å². The average Bonchev–Trinajstić information content (AvgIpc) is 2.60. The molecule has 1 heterocycles. The number of benzene rings is 1. The molecule has 130 valence electrons. The molecule has 1 aliphatic heterocycles. The molecule has 1 saturated heterocycles. The fourth-order valence-electron chi connectivity index (χ4n) is 2.85. The zero-order valence-corrected chi connectivity index (χ0v) is 14.4. The zero-order chi connectivity index (χ0) is 17.5. The molecule has 1 aromatic carbocycles. The molecule has 0 radical (unpaired) electrons. The van der Waals surface area contributed by atoms with Crippen molar-refractivity contribution in [3.8, 4) is 0 Å². The predicted molar refractivity (Wildman–Crippen MR) is 91.0 cm³/mol. The van der Waals surface area contributed by atoms with Crippen molar-refractivity contribution in [1.29, 1.82) is 0 Å². The molecular formula is C18H25N3O3. The Morgan fingerprint density at radius 3 is 2.21 bits per heavy atom. The van der Waals surface area contributed by atoms with Crippen molar-refractivity contribution >= 4 is 17.7 Å². The molecule has 0 unspecified atom stereocenters. The Bertz CT molecular complexity index is 584. The molecule has 0 atom stereocenters. The molecule has 0 spiro atoms. The number of carbonyl (C=O) groups is 3. The number of hydrogen-bond donors (Lipinski definition) is 0. The van der Waals surface area contributed by atoms with Gasteiger partial charge in [-0.15, -0.1) is 0 Å². The van der Waals surface area contributed by atoms with Crippen LogP contribution in [0.1, 0.15) is 25.8 Å². The van der Waals surface area contributed by atoms with Crippen molar-refractivity contribution in [1.82, 2.24) is 14.7 Å². The maximum absolute atomic E-state index is 12.3. The smallest absolute Gasteiger partial charge is 0.312 e. The summed E-state index contributed by atoms with van der Waals surface area (Å²) in [6.07, 6.45) is 0.263. The summed E-state index contributed by atoms with van der Waals surface area (Å²) in [4.78, 5) is 41.4. The van der Waals surface area contributed by atoms with E-state index in [1.807, 2.05) is 44.2 Å². The van der Waals surface area contributed by atoms with Gasteiger partial charge in [-0.3, -0.25) is 14.4 Å². The summed E-state index contributed by atoms with van der Waals surface area (Å²) in [5.41, 5.74) is 1.00. The van der Waals surface area contributed by atoms with Gasteiger partial charge in [0.15, 0.2) is 0 Å². The minimum absolute atomic E-state index is 0.0203. The second-order valence-electron chi connectivity index (χ2n) is 5.82. The number of hydrogen-bond acceptors (Lipinski definition) is 3. The Kier molecular flexibility index (Phi) is 6.35. The van der Waals surface area contributed by atoms with E-state index in [4.69, 9.17) is 0 Å². The lowest BCUT2D eigenvalue weighted by Crippen LogP contribution is -2.54. The third-order valence-electron chi connectivity index (χ3n) is 4.33. The molecule has 24 heavy (non-hydrogen) atoms.